The second kappa shape index (κ2) is 10.4. The third-order valence-corrected chi connectivity index (χ3v) is 1.62. The SMILES string of the molecule is CCCCCCCC(=O)N[O-].[NH4+]. The van der Waals surface area contributed by atoms with Gasteiger partial charge < -0.3 is 16.8 Å². The van der Waals surface area contributed by atoms with E-state index in [4.69, 9.17) is 0 Å². The van der Waals surface area contributed by atoms with Crippen molar-refractivity contribution in [2.75, 3.05) is 0 Å². The van der Waals surface area contributed by atoms with Gasteiger partial charge in [0.1, 0.15) is 0 Å². The van der Waals surface area contributed by atoms with Crippen molar-refractivity contribution in [1.82, 2.24) is 11.6 Å². The topological polar surface area (TPSA) is 88.7 Å². The maximum atomic E-state index is 10.4. The van der Waals surface area contributed by atoms with E-state index in [2.05, 4.69) is 6.92 Å². The molecule has 0 fully saturated rings. The molecule has 5 N–H and O–H groups in total. The van der Waals surface area contributed by atoms with E-state index in [0.717, 1.165) is 12.8 Å². The Bertz CT molecular complexity index is 107. The summed E-state index contributed by atoms with van der Waals surface area (Å²) < 4.78 is 0. The Balaban J connectivity index is 0. The molecule has 0 aliphatic rings. The van der Waals surface area contributed by atoms with E-state index in [1.54, 1.807) is 0 Å². The first-order valence-electron chi connectivity index (χ1n) is 4.22. The molecule has 0 rings (SSSR count). The first kappa shape index (κ1) is 13.9. The fraction of sp³-hybridized carbons (Fsp3) is 0.875. The molecule has 0 heterocycles. The zero-order valence-corrected chi connectivity index (χ0v) is 8.06. The molecule has 0 bridgehead atoms. The highest BCUT2D eigenvalue weighted by molar-refractivity contribution is 5.76. The van der Waals surface area contributed by atoms with Gasteiger partial charge in [0.15, 0.2) is 0 Å². The molecule has 0 aromatic heterocycles. The Kier molecular flexibility index (Phi) is 12.1. The molecule has 0 saturated heterocycles. The van der Waals surface area contributed by atoms with Crippen molar-refractivity contribution in [3.05, 3.63) is 5.21 Å². The summed E-state index contributed by atoms with van der Waals surface area (Å²) in [5.41, 5.74) is 1.37. The molecule has 0 aliphatic heterocycles. The summed E-state index contributed by atoms with van der Waals surface area (Å²) >= 11 is 0. The predicted molar refractivity (Wildman–Crippen MR) is 50.9 cm³/mol. The van der Waals surface area contributed by atoms with Gasteiger partial charge in [-0.25, -0.2) is 0 Å². The van der Waals surface area contributed by atoms with Crippen LogP contribution in [0, 0.1) is 5.21 Å². The predicted octanol–water partition coefficient (Wildman–Crippen LogP) is 2.34. The molecular formula is C8H20N2O2. The second-order valence-corrected chi connectivity index (χ2v) is 2.69. The third kappa shape index (κ3) is 9.39. The molecule has 0 radical (unpaired) electrons. The van der Waals surface area contributed by atoms with Crippen LogP contribution in [0.5, 0.6) is 0 Å². The molecule has 74 valence electrons. The second-order valence-electron chi connectivity index (χ2n) is 2.69. The van der Waals surface area contributed by atoms with Crippen LogP contribution in [0.2, 0.25) is 0 Å². The molecule has 0 atom stereocenters. The fourth-order valence-corrected chi connectivity index (χ4v) is 0.940. The zero-order chi connectivity index (χ0) is 8.53. The molecule has 0 aliphatic carbocycles. The molecular weight excluding hydrogens is 156 g/mol. The van der Waals surface area contributed by atoms with Gasteiger partial charge in [-0.15, -0.1) is 0 Å². The molecule has 0 saturated carbocycles. The van der Waals surface area contributed by atoms with Gasteiger partial charge in [-0.05, 0) is 6.42 Å². The molecule has 1 amide bonds. The maximum absolute atomic E-state index is 10.4. The first-order chi connectivity index (χ1) is 5.31. The highest BCUT2D eigenvalue weighted by Gasteiger charge is 1.94. The molecule has 4 nitrogen and oxygen atoms in total. The lowest BCUT2D eigenvalue weighted by atomic mass is 10.1. The van der Waals surface area contributed by atoms with Gasteiger partial charge in [-0.2, -0.15) is 0 Å². The van der Waals surface area contributed by atoms with Crippen LogP contribution in [0.25, 0.3) is 0 Å². The zero-order valence-electron chi connectivity index (χ0n) is 8.06. The van der Waals surface area contributed by atoms with Crippen molar-refractivity contribution >= 4 is 5.91 Å². The Labute approximate surface area is 73.9 Å². The van der Waals surface area contributed by atoms with Crippen LogP contribution < -0.4 is 11.6 Å². The van der Waals surface area contributed by atoms with Crippen molar-refractivity contribution in [3.8, 4) is 0 Å². The van der Waals surface area contributed by atoms with Crippen LogP contribution in [-0.2, 0) is 4.79 Å². The van der Waals surface area contributed by atoms with E-state index in [1.807, 2.05) is 0 Å². The Hall–Kier alpha value is -0.610. The lowest BCUT2D eigenvalue weighted by Gasteiger charge is -2.05. The highest BCUT2D eigenvalue weighted by Crippen LogP contribution is 2.04. The molecule has 0 aromatic rings. The average molecular weight is 176 g/mol. The smallest absolute Gasteiger partial charge is 0.209 e. The van der Waals surface area contributed by atoms with E-state index in [9.17, 15) is 10.0 Å². The van der Waals surface area contributed by atoms with Crippen LogP contribution in [0.15, 0.2) is 0 Å². The van der Waals surface area contributed by atoms with E-state index < -0.39 is 0 Å². The molecule has 12 heavy (non-hydrogen) atoms. The van der Waals surface area contributed by atoms with Gasteiger partial charge in [0.05, 0.1) is 0 Å². The standard InChI is InChI=1S/C8H16NO2.H3N/c1-2-3-4-5-6-7-8(10)9-11;/h2-7H2,1H3,(H-,9,10,11);1H3/q-1;/p+1. The van der Waals surface area contributed by atoms with Crippen LogP contribution in [0.4, 0.5) is 0 Å². The van der Waals surface area contributed by atoms with Gasteiger partial charge in [0, 0.05) is 6.42 Å². The van der Waals surface area contributed by atoms with Crippen LogP contribution in [0.3, 0.4) is 0 Å². The molecule has 0 spiro atoms. The average Bonchev–Trinajstić information content (AvgIpc) is 2.04. The minimum absolute atomic E-state index is 0. The summed E-state index contributed by atoms with van der Waals surface area (Å²) in [6.45, 7) is 2.14. The van der Waals surface area contributed by atoms with Crippen molar-refractivity contribution in [3.63, 3.8) is 0 Å². The van der Waals surface area contributed by atoms with Crippen molar-refractivity contribution in [2.45, 2.75) is 45.4 Å². The van der Waals surface area contributed by atoms with Crippen molar-refractivity contribution in [1.29, 1.82) is 0 Å². The summed E-state index contributed by atoms with van der Waals surface area (Å²) in [5, 5.41) is 9.75. The lowest BCUT2D eigenvalue weighted by molar-refractivity contribution is -0.120. The number of nitrogens with one attached hydrogen (secondary N) is 1. The van der Waals surface area contributed by atoms with Crippen molar-refractivity contribution in [2.24, 2.45) is 0 Å². The molecule has 4 heteroatoms. The maximum Gasteiger partial charge on any atom is 0.209 e. The Morgan fingerprint density at radius 2 is 1.83 bits per heavy atom. The van der Waals surface area contributed by atoms with Crippen LogP contribution in [0.1, 0.15) is 45.4 Å². The number of hydrogen-bond donors (Lipinski definition) is 2. The largest absolute Gasteiger partial charge is 0.759 e. The first-order valence-corrected chi connectivity index (χ1v) is 4.22. The Morgan fingerprint density at radius 3 is 2.33 bits per heavy atom. The number of amides is 1. The van der Waals surface area contributed by atoms with E-state index >= 15 is 0 Å². The summed E-state index contributed by atoms with van der Waals surface area (Å²) in [7, 11) is 0. The minimum atomic E-state index is -0.388. The van der Waals surface area contributed by atoms with Gasteiger partial charge in [0.2, 0.25) is 5.91 Å². The van der Waals surface area contributed by atoms with Gasteiger partial charge in [-0.3, -0.25) is 4.79 Å². The van der Waals surface area contributed by atoms with Gasteiger partial charge in [0.25, 0.3) is 0 Å². The number of quaternary nitrogens is 1. The van der Waals surface area contributed by atoms with Crippen molar-refractivity contribution < 1.29 is 4.79 Å². The summed E-state index contributed by atoms with van der Waals surface area (Å²) in [6.07, 6.45) is 5.87. The Morgan fingerprint density at radius 1 is 1.25 bits per heavy atom. The third-order valence-electron chi connectivity index (χ3n) is 1.62. The number of carbonyl (C=O) groups excluding carboxylic acids is 1. The van der Waals surface area contributed by atoms with Crippen LogP contribution in [-0.4, -0.2) is 5.91 Å². The van der Waals surface area contributed by atoms with E-state index in [0.29, 0.717) is 6.42 Å². The molecule has 0 unspecified atom stereocenters. The van der Waals surface area contributed by atoms with E-state index in [-0.39, 0.29) is 12.1 Å². The number of carbonyl (C=O) groups is 1. The summed E-state index contributed by atoms with van der Waals surface area (Å²) in [5.74, 6) is -0.388. The fourth-order valence-electron chi connectivity index (χ4n) is 0.940. The number of unbranched alkanes of at least 4 members (excludes halogenated alkanes) is 4. The van der Waals surface area contributed by atoms with Gasteiger partial charge in [-0.1, -0.05) is 32.6 Å². The molecule has 0 aromatic carbocycles. The lowest BCUT2D eigenvalue weighted by Crippen LogP contribution is -2.14. The monoisotopic (exact) mass is 176 g/mol. The highest BCUT2D eigenvalue weighted by atomic mass is 16.5. The normalized spacial score (nSPS) is 8.83. The number of hydroxylamine groups is 1. The number of hydrogen-bond acceptors (Lipinski definition) is 2. The van der Waals surface area contributed by atoms with Gasteiger partial charge >= 0.3 is 0 Å². The van der Waals surface area contributed by atoms with E-state index in [1.165, 1.54) is 24.7 Å². The summed E-state index contributed by atoms with van der Waals surface area (Å²) in [4.78, 5) is 10.4. The summed E-state index contributed by atoms with van der Waals surface area (Å²) in [6, 6.07) is 0. The van der Waals surface area contributed by atoms with Crippen LogP contribution >= 0.6 is 0 Å². The minimum Gasteiger partial charge on any atom is -0.759 e. The number of rotatable bonds is 6. The quantitative estimate of drug-likeness (QED) is 0.480.